The first-order valence-corrected chi connectivity index (χ1v) is 10.9. The maximum absolute atomic E-state index is 14.2. The van der Waals surface area contributed by atoms with Crippen LogP contribution in [0.5, 0.6) is 11.6 Å². The van der Waals surface area contributed by atoms with Gasteiger partial charge in [0, 0.05) is 48.2 Å². The summed E-state index contributed by atoms with van der Waals surface area (Å²) in [5.74, 6) is -0.656. The van der Waals surface area contributed by atoms with Crippen LogP contribution in [0.4, 0.5) is 14.5 Å². The molecule has 2 aromatic carbocycles. The third kappa shape index (κ3) is 4.29. The average molecular weight is 481 g/mol. The molecule has 5 aromatic rings. The van der Waals surface area contributed by atoms with Crippen molar-refractivity contribution in [2.45, 2.75) is 13.5 Å². The molecule has 3 heterocycles. The van der Waals surface area contributed by atoms with Gasteiger partial charge in [0.2, 0.25) is 5.88 Å². The van der Waals surface area contributed by atoms with Crippen molar-refractivity contribution < 1.29 is 13.5 Å². The van der Waals surface area contributed by atoms with E-state index in [0.717, 1.165) is 23.5 Å². The molecule has 0 saturated carbocycles. The normalized spacial score (nSPS) is 11.2. The molecule has 0 aliphatic heterocycles. The van der Waals surface area contributed by atoms with Gasteiger partial charge in [-0.15, -0.1) is 0 Å². The van der Waals surface area contributed by atoms with Gasteiger partial charge in [0.25, 0.3) is 0 Å². The van der Waals surface area contributed by atoms with E-state index >= 15 is 0 Å². The molecule has 0 aliphatic carbocycles. The van der Waals surface area contributed by atoms with E-state index in [2.05, 4.69) is 25.5 Å². The summed E-state index contributed by atoms with van der Waals surface area (Å²) in [5.41, 5.74) is 2.48. The van der Waals surface area contributed by atoms with Crippen molar-refractivity contribution in [3.63, 3.8) is 0 Å². The van der Waals surface area contributed by atoms with Gasteiger partial charge in [0.15, 0.2) is 17.2 Å². The number of fused-ring (bicyclic) bond motifs is 1. The molecule has 0 atom stereocenters. The number of aryl methyl sites for hydroxylation is 1. The molecular formula is C24H19ClF2N6O. The van der Waals surface area contributed by atoms with Crippen LogP contribution >= 0.6 is 11.6 Å². The van der Waals surface area contributed by atoms with Crippen LogP contribution in [0, 0.1) is 18.6 Å². The summed E-state index contributed by atoms with van der Waals surface area (Å²) in [4.78, 5) is 8.66. The van der Waals surface area contributed by atoms with E-state index in [1.54, 1.807) is 18.3 Å². The van der Waals surface area contributed by atoms with Crippen molar-refractivity contribution >= 4 is 28.3 Å². The van der Waals surface area contributed by atoms with Crippen LogP contribution in [0.1, 0.15) is 5.82 Å². The fourth-order valence-electron chi connectivity index (χ4n) is 3.67. The number of nitrogens with one attached hydrogen (secondary N) is 2. The standard InChI is InChI=1S/C24H19ClF2N6O/c1-14-28-8-10-33(14)11-9-29-19-13-21(34-20-7-6-15(26)12-18(20)27)30-24-22(19)23(31-32-24)16-4-2-3-5-17(16)25/h2-8,10,12-13H,9,11H2,1H3,(H2,29,30,31,32). The number of anilines is 1. The van der Waals surface area contributed by atoms with Crippen LogP contribution in [0.3, 0.4) is 0 Å². The highest BCUT2D eigenvalue weighted by Gasteiger charge is 2.18. The van der Waals surface area contributed by atoms with Gasteiger partial charge in [-0.05, 0) is 25.1 Å². The lowest BCUT2D eigenvalue weighted by atomic mass is 10.1. The Bertz CT molecular complexity index is 1480. The average Bonchev–Trinajstić information content (AvgIpc) is 3.42. The number of ether oxygens (including phenoxy) is 1. The molecule has 3 aromatic heterocycles. The molecule has 0 unspecified atom stereocenters. The molecule has 0 aliphatic rings. The first-order valence-electron chi connectivity index (χ1n) is 10.5. The number of pyridine rings is 1. The van der Waals surface area contributed by atoms with Crippen LogP contribution in [-0.4, -0.2) is 31.3 Å². The predicted octanol–water partition coefficient (Wildman–Crippen LogP) is 5.97. The number of halogens is 3. The SMILES string of the molecule is Cc1nccn1CCNc1cc(Oc2ccc(F)cc2F)nc2n[nH]c(-c3ccccc3Cl)c12. The summed E-state index contributed by atoms with van der Waals surface area (Å²) >= 11 is 6.43. The Labute approximate surface area is 198 Å². The van der Waals surface area contributed by atoms with E-state index in [9.17, 15) is 8.78 Å². The fourth-order valence-corrected chi connectivity index (χ4v) is 3.90. The zero-order chi connectivity index (χ0) is 23.7. The van der Waals surface area contributed by atoms with E-state index in [1.807, 2.05) is 35.9 Å². The zero-order valence-electron chi connectivity index (χ0n) is 18.0. The van der Waals surface area contributed by atoms with Crippen molar-refractivity contribution in [2.75, 3.05) is 11.9 Å². The predicted molar refractivity (Wildman–Crippen MR) is 126 cm³/mol. The maximum atomic E-state index is 14.2. The highest BCUT2D eigenvalue weighted by molar-refractivity contribution is 6.33. The summed E-state index contributed by atoms with van der Waals surface area (Å²) in [6.45, 7) is 3.16. The lowest BCUT2D eigenvalue weighted by Gasteiger charge is -2.13. The Hall–Kier alpha value is -3.98. The minimum Gasteiger partial charge on any atom is -0.436 e. The third-order valence-electron chi connectivity index (χ3n) is 5.34. The molecule has 0 fully saturated rings. The van der Waals surface area contributed by atoms with E-state index < -0.39 is 11.6 Å². The third-order valence-corrected chi connectivity index (χ3v) is 5.67. The monoisotopic (exact) mass is 480 g/mol. The molecule has 172 valence electrons. The molecule has 7 nitrogen and oxygen atoms in total. The molecule has 2 N–H and O–H groups in total. The lowest BCUT2D eigenvalue weighted by molar-refractivity contribution is 0.425. The van der Waals surface area contributed by atoms with E-state index in [4.69, 9.17) is 16.3 Å². The van der Waals surface area contributed by atoms with Crippen molar-refractivity contribution in [2.24, 2.45) is 0 Å². The number of aromatic nitrogens is 5. The molecule has 34 heavy (non-hydrogen) atoms. The number of H-pyrrole nitrogens is 1. The summed E-state index contributed by atoms with van der Waals surface area (Å²) in [5, 5.41) is 12.0. The van der Waals surface area contributed by atoms with E-state index in [0.29, 0.717) is 40.5 Å². The Balaban J connectivity index is 1.54. The minimum absolute atomic E-state index is 0.108. The van der Waals surface area contributed by atoms with Gasteiger partial charge in [-0.25, -0.2) is 13.8 Å². The van der Waals surface area contributed by atoms with Gasteiger partial charge >= 0.3 is 0 Å². The second kappa shape index (κ2) is 9.11. The second-order valence-electron chi connectivity index (χ2n) is 7.56. The Morgan fingerprint density at radius 2 is 2.00 bits per heavy atom. The Morgan fingerprint density at radius 1 is 1.15 bits per heavy atom. The number of benzene rings is 2. The first kappa shape index (κ1) is 21.8. The Morgan fingerprint density at radius 3 is 2.76 bits per heavy atom. The van der Waals surface area contributed by atoms with Crippen LogP contribution in [0.2, 0.25) is 5.02 Å². The van der Waals surface area contributed by atoms with Crippen molar-refractivity contribution in [3.05, 3.63) is 83.4 Å². The largest absolute Gasteiger partial charge is 0.436 e. The van der Waals surface area contributed by atoms with Crippen molar-refractivity contribution in [1.29, 1.82) is 0 Å². The number of aromatic amines is 1. The summed E-state index contributed by atoms with van der Waals surface area (Å²) in [7, 11) is 0. The van der Waals surface area contributed by atoms with Gasteiger partial charge in [0.1, 0.15) is 11.6 Å². The van der Waals surface area contributed by atoms with E-state index in [-0.39, 0.29) is 11.6 Å². The fraction of sp³-hybridized carbons (Fsp3) is 0.125. The summed E-state index contributed by atoms with van der Waals surface area (Å²) < 4.78 is 35.1. The quantitative estimate of drug-likeness (QED) is 0.300. The molecular weight excluding hydrogens is 462 g/mol. The smallest absolute Gasteiger partial charge is 0.223 e. The maximum Gasteiger partial charge on any atom is 0.223 e. The highest BCUT2D eigenvalue weighted by atomic mass is 35.5. The lowest BCUT2D eigenvalue weighted by Crippen LogP contribution is -2.11. The molecule has 0 spiro atoms. The summed E-state index contributed by atoms with van der Waals surface area (Å²) in [6.07, 6.45) is 3.65. The van der Waals surface area contributed by atoms with Gasteiger partial charge in [0.05, 0.1) is 16.8 Å². The molecule has 0 radical (unpaired) electrons. The van der Waals surface area contributed by atoms with Crippen LogP contribution < -0.4 is 10.1 Å². The van der Waals surface area contributed by atoms with Gasteiger partial charge < -0.3 is 14.6 Å². The zero-order valence-corrected chi connectivity index (χ0v) is 18.8. The highest BCUT2D eigenvalue weighted by Crippen LogP contribution is 2.37. The number of rotatable bonds is 7. The molecule has 5 rings (SSSR count). The number of hydrogen-bond donors (Lipinski definition) is 2. The molecule has 0 bridgehead atoms. The van der Waals surface area contributed by atoms with Crippen LogP contribution in [0.15, 0.2) is 60.9 Å². The first-order chi connectivity index (χ1) is 16.5. The van der Waals surface area contributed by atoms with Crippen LogP contribution in [-0.2, 0) is 6.54 Å². The minimum atomic E-state index is -0.828. The van der Waals surface area contributed by atoms with Crippen molar-refractivity contribution in [1.82, 2.24) is 24.7 Å². The Kier molecular flexibility index (Phi) is 5.85. The number of imidazole rings is 1. The molecule has 0 saturated heterocycles. The number of nitrogens with zero attached hydrogens (tertiary/aromatic N) is 4. The molecule has 10 heteroatoms. The summed E-state index contributed by atoms with van der Waals surface area (Å²) in [6, 6.07) is 12.1. The van der Waals surface area contributed by atoms with Gasteiger partial charge in [-0.3, -0.25) is 5.10 Å². The molecule has 0 amide bonds. The topological polar surface area (TPSA) is 80.7 Å². The van der Waals surface area contributed by atoms with E-state index in [1.165, 1.54) is 6.07 Å². The van der Waals surface area contributed by atoms with Crippen molar-refractivity contribution in [3.8, 4) is 22.9 Å². The second-order valence-corrected chi connectivity index (χ2v) is 7.96. The van der Waals surface area contributed by atoms with Gasteiger partial charge in [-0.2, -0.15) is 10.1 Å². The van der Waals surface area contributed by atoms with Crippen LogP contribution in [0.25, 0.3) is 22.3 Å². The number of hydrogen-bond acceptors (Lipinski definition) is 5. The van der Waals surface area contributed by atoms with Gasteiger partial charge in [-0.1, -0.05) is 29.8 Å².